The molecule has 0 amide bonds. The van der Waals surface area contributed by atoms with Crippen LogP contribution in [0, 0.1) is 0 Å². The van der Waals surface area contributed by atoms with Crippen LogP contribution >= 0.6 is 35.4 Å². The minimum atomic E-state index is -3.51. The molecule has 1 aliphatic heterocycles. The molecule has 12 heteroatoms. The number of thiocarbonyl (C=S) groups is 1. The molecule has 3 heterocycles. The maximum atomic E-state index is 11.8. The molecule has 8 nitrogen and oxygen atoms in total. The lowest BCUT2D eigenvalue weighted by molar-refractivity contribution is 0.416. The number of aromatic nitrogens is 1. The molecule has 2 aromatic heterocycles. The second kappa shape index (κ2) is 10.5. The Labute approximate surface area is 235 Å². The monoisotopic (exact) mass is 588 g/mol. The molecular formula is C26H22Cl2N4O4S2. The first-order valence-corrected chi connectivity index (χ1v) is 14.4. The Hall–Kier alpha value is -3.31. The molecule has 1 fully saturated rings. The van der Waals surface area contributed by atoms with Crippen molar-refractivity contribution in [3.63, 3.8) is 0 Å². The van der Waals surface area contributed by atoms with Crippen LogP contribution in [0.2, 0.25) is 10.0 Å². The fourth-order valence-electron chi connectivity index (χ4n) is 4.39. The number of anilines is 2. The molecule has 0 aliphatic carbocycles. The van der Waals surface area contributed by atoms with Gasteiger partial charge in [0.15, 0.2) is 5.11 Å². The molecule has 38 heavy (non-hydrogen) atoms. The van der Waals surface area contributed by atoms with Gasteiger partial charge in [-0.3, -0.25) is 9.71 Å². The number of sulfonamides is 1. The molecule has 0 unspecified atom stereocenters. The molecule has 5 rings (SSSR count). The Bertz CT molecular complexity index is 1610. The van der Waals surface area contributed by atoms with E-state index in [-0.39, 0.29) is 6.04 Å². The molecule has 0 bridgehead atoms. The van der Waals surface area contributed by atoms with Gasteiger partial charge in [-0.25, -0.2) is 8.42 Å². The molecule has 2 N–H and O–H groups in total. The van der Waals surface area contributed by atoms with Gasteiger partial charge in [-0.2, -0.15) is 0 Å². The number of pyridine rings is 1. The summed E-state index contributed by atoms with van der Waals surface area (Å²) in [5.74, 6) is 1.49. The van der Waals surface area contributed by atoms with Crippen molar-refractivity contribution in [2.24, 2.45) is 0 Å². The highest BCUT2D eigenvalue weighted by molar-refractivity contribution is 7.92. The van der Waals surface area contributed by atoms with Crippen LogP contribution in [0.15, 0.2) is 77.3 Å². The minimum Gasteiger partial charge on any atom is -0.494 e. The standard InChI is InChI=1S/C26H22Cl2N4O4S2/c1-35-22-14-15(9-10-18(22)31-38(2,33)34)32-25(24(30-26(32)37)19-8-3-4-13-29-19)21-12-11-20(36-21)16-6-5-7-17(27)23(16)28/h3-14,24-25,31H,1-2H3,(H,30,37)/t24-,25-/m1/s1. The summed E-state index contributed by atoms with van der Waals surface area (Å²) in [5.41, 5.74) is 2.41. The fraction of sp³-hybridized carbons (Fsp3) is 0.154. The van der Waals surface area contributed by atoms with Gasteiger partial charge in [-0.05, 0) is 60.7 Å². The van der Waals surface area contributed by atoms with E-state index >= 15 is 0 Å². The third kappa shape index (κ3) is 5.17. The second-order valence-corrected chi connectivity index (χ2v) is 11.5. The highest BCUT2D eigenvalue weighted by atomic mass is 35.5. The van der Waals surface area contributed by atoms with Crippen LogP contribution in [0.4, 0.5) is 11.4 Å². The zero-order valence-corrected chi connectivity index (χ0v) is 23.3. The number of furan rings is 1. The smallest absolute Gasteiger partial charge is 0.229 e. The molecule has 196 valence electrons. The largest absolute Gasteiger partial charge is 0.494 e. The quantitative estimate of drug-likeness (QED) is 0.246. The third-order valence-corrected chi connectivity index (χ3v) is 7.72. The van der Waals surface area contributed by atoms with E-state index < -0.39 is 16.1 Å². The highest BCUT2D eigenvalue weighted by Crippen LogP contribution is 2.45. The van der Waals surface area contributed by atoms with Crippen molar-refractivity contribution in [3.8, 4) is 17.1 Å². The molecule has 0 spiro atoms. The van der Waals surface area contributed by atoms with E-state index in [4.69, 9.17) is 44.6 Å². The van der Waals surface area contributed by atoms with Crippen LogP contribution < -0.4 is 19.7 Å². The molecule has 2 atom stereocenters. The molecule has 1 saturated heterocycles. The normalized spacial score (nSPS) is 17.4. The Morgan fingerprint density at radius 1 is 1.11 bits per heavy atom. The number of hydrogen-bond acceptors (Lipinski definition) is 6. The van der Waals surface area contributed by atoms with Crippen molar-refractivity contribution in [2.45, 2.75) is 12.1 Å². The van der Waals surface area contributed by atoms with Gasteiger partial charge in [0.05, 0.1) is 40.8 Å². The first-order valence-electron chi connectivity index (χ1n) is 11.4. The van der Waals surface area contributed by atoms with Gasteiger partial charge in [0.25, 0.3) is 0 Å². The average Bonchev–Trinajstić information content (AvgIpc) is 3.50. The number of ether oxygens (including phenoxy) is 1. The van der Waals surface area contributed by atoms with Gasteiger partial charge in [-0.1, -0.05) is 35.3 Å². The predicted molar refractivity (Wildman–Crippen MR) is 154 cm³/mol. The lowest BCUT2D eigenvalue weighted by Crippen LogP contribution is -2.29. The molecule has 0 saturated carbocycles. The maximum Gasteiger partial charge on any atom is 0.229 e. The third-order valence-electron chi connectivity index (χ3n) is 5.99. The molecule has 1 aliphatic rings. The van der Waals surface area contributed by atoms with Crippen LogP contribution in [0.5, 0.6) is 5.75 Å². The Balaban J connectivity index is 1.61. The van der Waals surface area contributed by atoms with Gasteiger partial charge in [0, 0.05) is 23.5 Å². The maximum absolute atomic E-state index is 11.8. The summed E-state index contributed by atoms with van der Waals surface area (Å²) in [4.78, 5) is 6.44. The van der Waals surface area contributed by atoms with Crippen LogP contribution in [-0.2, 0) is 10.0 Å². The van der Waals surface area contributed by atoms with Crippen LogP contribution in [0.3, 0.4) is 0 Å². The topological polar surface area (TPSA) is 96.7 Å². The second-order valence-electron chi connectivity index (χ2n) is 8.56. The predicted octanol–water partition coefficient (Wildman–Crippen LogP) is 6.21. The molecule has 4 aromatic rings. The number of halogens is 2. The summed E-state index contributed by atoms with van der Waals surface area (Å²) < 4.78 is 37.9. The van der Waals surface area contributed by atoms with Crippen molar-refractivity contribution in [1.29, 1.82) is 0 Å². The van der Waals surface area contributed by atoms with Gasteiger partial charge in [0.2, 0.25) is 10.0 Å². The van der Waals surface area contributed by atoms with E-state index in [1.54, 1.807) is 36.5 Å². The lowest BCUT2D eigenvalue weighted by Gasteiger charge is -2.27. The van der Waals surface area contributed by atoms with Crippen molar-refractivity contribution < 1.29 is 17.6 Å². The van der Waals surface area contributed by atoms with Crippen molar-refractivity contribution in [3.05, 3.63) is 94.4 Å². The molecule has 0 radical (unpaired) electrons. The summed E-state index contributed by atoms with van der Waals surface area (Å²) in [7, 11) is -2.04. The first-order chi connectivity index (χ1) is 18.2. The van der Waals surface area contributed by atoms with E-state index in [1.165, 1.54) is 7.11 Å². The van der Waals surface area contributed by atoms with Gasteiger partial charge in [-0.15, -0.1) is 0 Å². The van der Waals surface area contributed by atoms with E-state index in [0.29, 0.717) is 49.4 Å². The van der Waals surface area contributed by atoms with E-state index in [2.05, 4.69) is 15.0 Å². The molecular weight excluding hydrogens is 567 g/mol. The highest BCUT2D eigenvalue weighted by Gasteiger charge is 2.43. The summed E-state index contributed by atoms with van der Waals surface area (Å²) in [6, 6.07) is 19.0. The zero-order valence-electron chi connectivity index (χ0n) is 20.2. The SMILES string of the molecule is COc1cc(N2C(=S)N[C@H](c3ccccn3)[C@H]2c2ccc(-c3cccc(Cl)c3Cl)o2)ccc1NS(C)(=O)=O. The van der Waals surface area contributed by atoms with E-state index in [0.717, 1.165) is 11.9 Å². The van der Waals surface area contributed by atoms with E-state index in [1.807, 2.05) is 41.3 Å². The summed E-state index contributed by atoms with van der Waals surface area (Å²) in [5, 5.41) is 4.62. The number of benzene rings is 2. The fourth-order valence-corrected chi connectivity index (χ4v) is 5.69. The molecule has 2 aromatic carbocycles. The van der Waals surface area contributed by atoms with Crippen molar-refractivity contribution >= 4 is 61.9 Å². The first kappa shape index (κ1) is 26.3. The number of nitrogens with zero attached hydrogens (tertiary/aromatic N) is 2. The van der Waals surface area contributed by atoms with Crippen LogP contribution in [0.25, 0.3) is 11.3 Å². The minimum absolute atomic E-state index is 0.311. The Morgan fingerprint density at radius 2 is 1.92 bits per heavy atom. The Morgan fingerprint density at radius 3 is 2.63 bits per heavy atom. The Kier molecular flexibility index (Phi) is 7.23. The van der Waals surface area contributed by atoms with Crippen molar-refractivity contribution in [2.75, 3.05) is 23.0 Å². The van der Waals surface area contributed by atoms with Crippen LogP contribution in [0.1, 0.15) is 23.5 Å². The number of nitrogens with one attached hydrogen (secondary N) is 2. The summed E-state index contributed by atoms with van der Waals surface area (Å²) in [6.07, 6.45) is 2.79. The van der Waals surface area contributed by atoms with Crippen LogP contribution in [-0.4, -0.2) is 31.9 Å². The summed E-state index contributed by atoms with van der Waals surface area (Å²) in [6.45, 7) is 0. The average molecular weight is 590 g/mol. The lowest BCUT2D eigenvalue weighted by atomic mass is 10.0. The van der Waals surface area contributed by atoms with Crippen molar-refractivity contribution in [1.82, 2.24) is 10.3 Å². The summed E-state index contributed by atoms with van der Waals surface area (Å²) >= 11 is 18.5. The number of hydrogen-bond donors (Lipinski definition) is 2. The number of rotatable bonds is 7. The van der Waals surface area contributed by atoms with Gasteiger partial charge < -0.3 is 19.4 Å². The van der Waals surface area contributed by atoms with Gasteiger partial charge >= 0.3 is 0 Å². The number of methoxy groups -OCH3 is 1. The zero-order chi connectivity index (χ0) is 27.0. The van der Waals surface area contributed by atoms with Gasteiger partial charge in [0.1, 0.15) is 23.3 Å². The van der Waals surface area contributed by atoms with E-state index in [9.17, 15) is 8.42 Å².